The molecule has 5 aromatic rings. The molecular weight excluding hydrogens is 412 g/mol. The predicted molar refractivity (Wildman–Crippen MR) is 119 cm³/mol. The Bertz CT molecular complexity index is 1410. The zero-order valence-electron chi connectivity index (χ0n) is 16.6. The first kappa shape index (κ1) is 19.1. The highest BCUT2D eigenvalue weighted by molar-refractivity contribution is 7.15. The summed E-state index contributed by atoms with van der Waals surface area (Å²) in [5.41, 5.74) is 3.52. The van der Waals surface area contributed by atoms with Crippen LogP contribution in [0.4, 0.5) is 10.8 Å². The van der Waals surface area contributed by atoms with E-state index in [1.54, 1.807) is 16.2 Å². The van der Waals surface area contributed by atoms with Crippen molar-refractivity contribution in [2.75, 3.05) is 5.32 Å². The first-order chi connectivity index (χ1) is 15.2. The number of rotatable bonds is 6. The Kier molecular flexibility index (Phi) is 4.97. The number of anilines is 2. The van der Waals surface area contributed by atoms with Crippen LogP contribution in [-0.4, -0.2) is 34.7 Å². The zero-order chi connectivity index (χ0) is 21.2. The Morgan fingerprint density at radius 1 is 0.968 bits per heavy atom. The van der Waals surface area contributed by atoms with Gasteiger partial charge in [-0.2, -0.15) is 0 Å². The molecule has 5 rings (SSSR count). The molecule has 0 radical (unpaired) electrons. The molecule has 0 unspecified atom stereocenters. The van der Waals surface area contributed by atoms with E-state index in [4.69, 9.17) is 0 Å². The van der Waals surface area contributed by atoms with Crippen molar-refractivity contribution < 1.29 is 0 Å². The SMILES string of the molecule is Cc1nc2ccccc2n(Cc2cn(Cc3nnc(Nc4ccccc4)s3)nn2)c1=O. The monoisotopic (exact) mass is 430 g/mol. The maximum atomic E-state index is 12.7. The van der Waals surface area contributed by atoms with Gasteiger partial charge in [0.05, 0.1) is 30.3 Å². The third kappa shape index (κ3) is 4.05. The summed E-state index contributed by atoms with van der Waals surface area (Å²) in [4.78, 5) is 17.0. The van der Waals surface area contributed by atoms with Crippen molar-refractivity contribution in [2.45, 2.75) is 20.0 Å². The van der Waals surface area contributed by atoms with Crippen LogP contribution in [0.2, 0.25) is 0 Å². The number of aryl methyl sites for hydroxylation is 1. The minimum absolute atomic E-state index is 0.131. The average molecular weight is 430 g/mol. The van der Waals surface area contributed by atoms with Crippen LogP contribution in [-0.2, 0) is 13.1 Å². The topological polar surface area (TPSA) is 103 Å². The van der Waals surface area contributed by atoms with Gasteiger partial charge in [-0.15, -0.1) is 15.3 Å². The van der Waals surface area contributed by atoms with Gasteiger partial charge in [-0.25, -0.2) is 9.67 Å². The fraction of sp³-hybridized carbons (Fsp3) is 0.143. The van der Waals surface area contributed by atoms with E-state index in [9.17, 15) is 4.79 Å². The van der Waals surface area contributed by atoms with Gasteiger partial charge in [0.15, 0.2) is 0 Å². The number of aromatic nitrogens is 7. The van der Waals surface area contributed by atoms with E-state index in [-0.39, 0.29) is 5.56 Å². The lowest BCUT2D eigenvalue weighted by atomic mass is 10.2. The zero-order valence-corrected chi connectivity index (χ0v) is 17.5. The van der Waals surface area contributed by atoms with Gasteiger partial charge in [0.25, 0.3) is 5.56 Å². The molecule has 0 spiro atoms. The number of hydrogen-bond acceptors (Lipinski definition) is 8. The molecule has 2 aromatic carbocycles. The lowest BCUT2D eigenvalue weighted by molar-refractivity contribution is 0.642. The van der Waals surface area contributed by atoms with Gasteiger partial charge in [0.1, 0.15) is 16.4 Å². The highest BCUT2D eigenvalue weighted by Crippen LogP contribution is 2.21. The van der Waals surface area contributed by atoms with Crippen molar-refractivity contribution in [3.05, 3.63) is 87.5 Å². The lowest BCUT2D eigenvalue weighted by Gasteiger charge is -2.09. The molecule has 0 saturated heterocycles. The summed E-state index contributed by atoms with van der Waals surface area (Å²) < 4.78 is 3.38. The molecule has 0 amide bonds. The number of nitrogens with zero attached hydrogens (tertiary/aromatic N) is 7. The fourth-order valence-corrected chi connectivity index (χ4v) is 4.03. The average Bonchev–Trinajstić information content (AvgIpc) is 3.41. The summed E-state index contributed by atoms with van der Waals surface area (Å²) in [6.45, 7) is 2.49. The van der Waals surface area contributed by atoms with Gasteiger partial charge < -0.3 is 5.32 Å². The molecule has 10 heteroatoms. The second-order valence-corrected chi connectivity index (χ2v) is 8.04. The first-order valence-corrected chi connectivity index (χ1v) is 10.5. The molecule has 3 aromatic heterocycles. The Morgan fingerprint density at radius 2 is 1.77 bits per heavy atom. The Hall–Kier alpha value is -3.92. The van der Waals surface area contributed by atoms with Gasteiger partial charge in [0.2, 0.25) is 5.13 Å². The number of para-hydroxylation sites is 3. The van der Waals surface area contributed by atoms with E-state index in [1.807, 2.05) is 60.8 Å². The second-order valence-electron chi connectivity index (χ2n) is 6.98. The van der Waals surface area contributed by atoms with Crippen LogP contribution in [0, 0.1) is 6.92 Å². The molecule has 0 saturated carbocycles. The van der Waals surface area contributed by atoms with Crippen molar-refractivity contribution in [3.63, 3.8) is 0 Å². The van der Waals surface area contributed by atoms with Crippen molar-refractivity contribution in [1.29, 1.82) is 0 Å². The van der Waals surface area contributed by atoms with Crippen molar-refractivity contribution >= 4 is 33.2 Å². The molecular formula is C21H18N8OS. The summed E-state index contributed by atoms with van der Waals surface area (Å²) in [6, 6.07) is 17.4. The maximum Gasteiger partial charge on any atom is 0.272 e. The van der Waals surface area contributed by atoms with Crippen LogP contribution in [0.15, 0.2) is 65.6 Å². The molecule has 9 nitrogen and oxygen atoms in total. The molecule has 0 aliphatic rings. The maximum absolute atomic E-state index is 12.7. The number of fused-ring (bicyclic) bond motifs is 1. The Labute approximate surface area is 181 Å². The van der Waals surface area contributed by atoms with Crippen molar-refractivity contribution in [3.8, 4) is 0 Å². The normalized spacial score (nSPS) is 11.1. The van der Waals surface area contributed by atoms with Crippen molar-refractivity contribution in [2.24, 2.45) is 0 Å². The van der Waals surface area contributed by atoms with Gasteiger partial charge >= 0.3 is 0 Å². The van der Waals surface area contributed by atoms with E-state index in [0.717, 1.165) is 21.7 Å². The number of benzene rings is 2. The van der Waals surface area contributed by atoms with Gasteiger partial charge in [-0.05, 0) is 31.2 Å². The smallest absolute Gasteiger partial charge is 0.272 e. The molecule has 0 atom stereocenters. The van der Waals surface area contributed by atoms with Crippen LogP contribution in [0.3, 0.4) is 0 Å². The fourth-order valence-electron chi connectivity index (χ4n) is 3.28. The van der Waals surface area contributed by atoms with Gasteiger partial charge in [-0.1, -0.05) is 46.9 Å². The quantitative estimate of drug-likeness (QED) is 0.442. The third-order valence-electron chi connectivity index (χ3n) is 4.71. The molecule has 0 bridgehead atoms. The van der Waals surface area contributed by atoms with Crippen LogP contribution in [0.1, 0.15) is 16.4 Å². The molecule has 0 aliphatic heterocycles. The second kappa shape index (κ2) is 8.07. The largest absolute Gasteiger partial charge is 0.330 e. The summed E-state index contributed by atoms with van der Waals surface area (Å²) in [7, 11) is 0. The standard InChI is InChI=1S/C21H18N8OS/c1-14-20(30)29(18-10-6-5-9-17(18)22-14)12-16-11-28(27-24-16)13-19-25-26-21(31-19)23-15-7-3-2-4-8-15/h2-11H,12-13H2,1H3,(H,23,26). The van der Waals surface area contributed by atoms with E-state index in [0.29, 0.717) is 29.6 Å². The summed E-state index contributed by atoms with van der Waals surface area (Å²) in [5, 5.41) is 21.6. The molecule has 0 aliphatic carbocycles. The van der Waals surface area contributed by atoms with E-state index in [2.05, 4.69) is 30.8 Å². The predicted octanol–water partition coefficient (Wildman–Crippen LogP) is 2.99. The van der Waals surface area contributed by atoms with E-state index < -0.39 is 0 Å². The van der Waals surface area contributed by atoms with E-state index in [1.165, 1.54) is 11.3 Å². The minimum Gasteiger partial charge on any atom is -0.330 e. The Morgan fingerprint density at radius 3 is 2.65 bits per heavy atom. The number of nitrogens with one attached hydrogen (secondary N) is 1. The third-order valence-corrected chi connectivity index (χ3v) is 5.53. The molecule has 154 valence electrons. The van der Waals surface area contributed by atoms with Gasteiger partial charge in [-0.3, -0.25) is 9.36 Å². The highest BCUT2D eigenvalue weighted by Gasteiger charge is 2.12. The van der Waals surface area contributed by atoms with Crippen LogP contribution >= 0.6 is 11.3 Å². The summed E-state index contributed by atoms with van der Waals surface area (Å²) >= 11 is 1.46. The lowest BCUT2D eigenvalue weighted by Crippen LogP contribution is -2.24. The summed E-state index contributed by atoms with van der Waals surface area (Å²) in [6.07, 6.45) is 1.82. The van der Waals surface area contributed by atoms with Gasteiger partial charge in [0, 0.05) is 5.69 Å². The van der Waals surface area contributed by atoms with Crippen LogP contribution < -0.4 is 10.9 Å². The number of hydrogen-bond donors (Lipinski definition) is 1. The van der Waals surface area contributed by atoms with Crippen LogP contribution in [0.25, 0.3) is 11.0 Å². The minimum atomic E-state index is -0.131. The Balaban J connectivity index is 1.33. The van der Waals surface area contributed by atoms with Crippen molar-refractivity contribution in [1.82, 2.24) is 34.7 Å². The molecule has 31 heavy (non-hydrogen) atoms. The van der Waals surface area contributed by atoms with Crippen LogP contribution in [0.5, 0.6) is 0 Å². The molecule has 1 N–H and O–H groups in total. The molecule has 0 fully saturated rings. The first-order valence-electron chi connectivity index (χ1n) is 9.65. The summed E-state index contributed by atoms with van der Waals surface area (Å²) in [5.74, 6) is 0. The van der Waals surface area contributed by atoms with E-state index >= 15 is 0 Å². The molecule has 3 heterocycles. The highest BCUT2D eigenvalue weighted by atomic mass is 32.1.